The molecule has 1 rings (SSSR count). The second-order valence-corrected chi connectivity index (χ2v) is 5.21. The maximum absolute atomic E-state index is 8.71. The first-order valence-electron chi connectivity index (χ1n) is 5.92. The third kappa shape index (κ3) is 3.62. The molecule has 0 saturated heterocycles. The standard InChI is InChI=1S/C13H20N2S/c1-4-11(8-9-14)15-10(3)13-7-6-12(5-2)16-13/h6-7,10-11,15H,4-5,8H2,1-3H3. The monoisotopic (exact) mass is 236 g/mol. The van der Waals surface area contributed by atoms with E-state index in [4.69, 9.17) is 5.26 Å². The molecule has 2 atom stereocenters. The van der Waals surface area contributed by atoms with Crippen LogP contribution >= 0.6 is 11.3 Å². The van der Waals surface area contributed by atoms with E-state index in [0.29, 0.717) is 18.5 Å². The van der Waals surface area contributed by atoms with Crippen molar-refractivity contribution in [2.45, 2.75) is 52.1 Å². The number of hydrogen-bond donors (Lipinski definition) is 1. The zero-order valence-electron chi connectivity index (χ0n) is 10.3. The molecule has 0 aromatic carbocycles. The first-order chi connectivity index (χ1) is 7.71. The van der Waals surface area contributed by atoms with Gasteiger partial charge in [0, 0.05) is 21.8 Å². The number of thiophene rings is 1. The van der Waals surface area contributed by atoms with Crippen LogP contribution in [0.2, 0.25) is 0 Å². The van der Waals surface area contributed by atoms with Crippen LogP contribution in [0.4, 0.5) is 0 Å². The summed E-state index contributed by atoms with van der Waals surface area (Å²) in [6.45, 7) is 6.47. The zero-order chi connectivity index (χ0) is 12.0. The molecule has 1 heterocycles. The molecule has 0 amide bonds. The molecule has 2 nitrogen and oxygen atoms in total. The Balaban J connectivity index is 2.57. The van der Waals surface area contributed by atoms with Gasteiger partial charge in [-0.15, -0.1) is 11.3 Å². The van der Waals surface area contributed by atoms with Gasteiger partial charge in [0.05, 0.1) is 12.5 Å². The minimum Gasteiger partial charge on any atom is -0.306 e. The molecular formula is C13H20N2S. The SMILES string of the molecule is CCc1ccc(C(C)NC(CC)CC#N)s1. The average Bonchev–Trinajstić information content (AvgIpc) is 2.76. The zero-order valence-corrected chi connectivity index (χ0v) is 11.1. The maximum Gasteiger partial charge on any atom is 0.0638 e. The van der Waals surface area contributed by atoms with Gasteiger partial charge in [-0.2, -0.15) is 5.26 Å². The van der Waals surface area contributed by atoms with E-state index in [0.717, 1.165) is 12.8 Å². The van der Waals surface area contributed by atoms with Crippen LogP contribution in [0.25, 0.3) is 0 Å². The highest BCUT2D eigenvalue weighted by Gasteiger charge is 2.12. The van der Waals surface area contributed by atoms with Gasteiger partial charge in [0.15, 0.2) is 0 Å². The summed E-state index contributed by atoms with van der Waals surface area (Å²) < 4.78 is 0. The molecule has 0 fully saturated rings. The number of nitriles is 1. The van der Waals surface area contributed by atoms with E-state index in [-0.39, 0.29) is 0 Å². The Kier molecular flexibility index (Phi) is 5.51. The topological polar surface area (TPSA) is 35.8 Å². The van der Waals surface area contributed by atoms with Gasteiger partial charge in [-0.1, -0.05) is 13.8 Å². The van der Waals surface area contributed by atoms with Gasteiger partial charge in [-0.05, 0) is 31.9 Å². The Bertz CT molecular complexity index is 351. The molecule has 2 unspecified atom stereocenters. The molecule has 3 heteroatoms. The fourth-order valence-corrected chi connectivity index (χ4v) is 2.65. The average molecular weight is 236 g/mol. The Hall–Kier alpha value is -0.850. The van der Waals surface area contributed by atoms with E-state index >= 15 is 0 Å². The lowest BCUT2D eigenvalue weighted by atomic mass is 10.1. The summed E-state index contributed by atoms with van der Waals surface area (Å²) in [6.07, 6.45) is 2.70. The lowest BCUT2D eigenvalue weighted by Crippen LogP contribution is -2.30. The van der Waals surface area contributed by atoms with Crippen LogP contribution in [0.15, 0.2) is 12.1 Å². The third-order valence-electron chi connectivity index (χ3n) is 2.77. The second-order valence-electron chi connectivity index (χ2n) is 4.01. The van der Waals surface area contributed by atoms with Crippen molar-refractivity contribution in [2.24, 2.45) is 0 Å². The molecule has 0 saturated carbocycles. The van der Waals surface area contributed by atoms with Crippen molar-refractivity contribution in [3.8, 4) is 6.07 Å². The molecule has 0 aliphatic heterocycles. The largest absolute Gasteiger partial charge is 0.306 e. The summed E-state index contributed by atoms with van der Waals surface area (Å²) >= 11 is 1.87. The lowest BCUT2D eigenvalue weighted by molar-refractivity contribution is 0.452. The molecule has 0 radical (unpaired) electrons. The van der Waals surface area contributed by atoms with E-state index < -0.39 is 0 Å². The van der Waals surface area contributed by atoms with Gasteiger partial charge >= 0.3 is 0 Å². The van der Waals surface area contributed by atoms with Crippen LogP contribution in [0.3, 0.4) is 0 Å². The fourth-order valence-electron chi connectivity index (χ4n) is 1.68. The fraction of sp³-hybridized carbons (Fsp3) is 0.615. The van der Waals surface area contributed by atoms with Gasteiger partial charge in [-0.25, -0.2) is 0 Å². The second kappa shape index (κ2) is 6.67. The quantitative estimate of drug-likeness (QED) is 0.818. The molecule has 0 aliphatic rings. The summed E-state index contributed by atoms with van der Waals surface area (Å²) in [6, 6.07) is 7.29. The van der Waals surface area contributed by atoms with Crippen molar-refractivity contribution >= 4 is 11.3 Å². The summed E-state index contributed by atoms with van der Waals surface area (Å²) in [5.41, 5.74) is 0. The Morgan fingerprint density at radius 2 is 2.19 bits per heavy atom. The molecule has 1 N–H and O–H groups in total. The molecule has 1 aromatic rings. The Morgan fingerprint density at radius 1 is 1.44 bits per heavy atom. The van der Waals surface area contributed by atoms with Crippen molar-refractivity contribution in [1.29, 1.82) is 5.26 Å². The molecule has 88 valence electrons. The first kappa shape index (κ1) is 13.2. The van der Waals surface area contributed by atoms with Crippen molar-refractivity contribution in [3.63, 3.8) is 0 Å². The maximum atomic E-state index is 8.71. The van der Waals surface area contributed by atoms with Crippen molar-refractivity contribution in [2.75, 3.05) is 0 Å². The van der Waals surface area contributed by atoms with Gasteiger partial charge in [0.25, 0.3) is 0 Å². The summed E-state index contributed by atoms with van der Waals surface area (Å²) in [7, 11) is 0. The van der Waals surface area contributed by atoms with Crippen LogP contribution in [-0.4, -0.2) is 6.04 Å². The van der Waals surface area contributed by atoms with E-state index in [1.807, 2.05) is 11.3 Å². The lowest BCUT2D eigenvalue weighted by Gasteiger charge is -2.19. The first-order valence-corrected chi connectivity index (χ1v) is 6.74. The van der Waals surface area contributed by atoms with Gasteiger partial charge in [0.2, 0.25) is 0 Å². The van der Waals surface area contributed by atoms with E-state index in [1.54, 1.807) is 0 Å². The number of nitrogens with one attached hydrogen (secondary N) is 1. The molecule has 1 aromatic heterocycles. The third-order valence-corrected chi connectivity index (χ3v) is 4.19. The van der Waals surface area contributed by atoms with Crippen LogP contribution in [0.5, 0.6) is 0 Å². The normalized spacial score (nSPS) is 14.4. The molecular weight excluding hydrogens is 216 g/mol. The van der Waals surface area contributed by atoms with Crippen molar-refractivity contribution in [1.82, 2.24) is 5.32 Å². The van der Waals surface area contributed by atoms with E-state index in [2.05, 4.69) is 44.3 Å². The number of aryl methyl sites for hydroxylation is 1. The molecule has 16 heavy (non-hydrogen) atoms. The molecule has 0 aliphatic carbocycles. The molecule has 0 spiro atoms. The van der Waals surface area contributed by atoms with Crippen LogP contribution in [0.1, 0.15) is 49.4 Å². The van der Waals surface area contributed by atoms with Gasteiger partial charge < -0.3 is 5.32 Å². The highest BCUT2D eigenvalue weighted by Crippen LogP contribution is 2.24. The van der Waals surface area contributed by atoms with E-state index in [1.165, 1.54) is 9.75 Å². The number of hydrogen-bond acceptors (Lipinski definition) is 3. The van der Waals surface area contributed by atoms with E-state index in [9.17, 15) is 0 Å². The van der Waals surface area contributed by atoms with Gasteiger partial charge in [0.1, 0.15) is 0 Å². The van der Waals surface area contributed by atoms with Crippen LogP contribution in [0, 0.1) is 11.3 Å². The van der Waals surface area contributed by atoms with Crippen molar-refractivity contribution in [3.05, 3.63) is 21.9 Å². The smallest absolute Gasteiger partial charge is 0.0638 e. The number of rotatable bonds is 6. The minimum absolute atomic E-state index is 0.312. The number of nitrogens with zero attached hydrogens (tertiary/aromatic N) is 1. The summed E-state index contributed by atoms with van der Waals surface area (Å²) in [5, 5.41) is 12.2. The van der Waals surface area contributed by atoms with Gasteiger partial charge in [-0.3, -0.25) is 0 Å². The Labute approximate surface area is 102 Å². The highest BCUT2D eigenvalue weighted by molar-refractivity contribution is 7.12. The Morgan fingerprint density at radius 3 is 2.69 bits per heavy atom. The highest BCUT2D eigenvalue weighted by atomic mass is 32.1. The van der Waals surface area contributed by atoms with Crippen molar-refractivity contribution < 1.29 is 0 Å². The van der Waals surface area contributed by atoms with Crippen LogP contribution in [-0.2, 0) is 6.42 Å². The predicted molar refractivity (Wildman–Crippen MR) is 69.6 cm³/mol. The predicted octanol–water partition coefficient (Wildman–Crippen LogP) is 3.65. The summed E-state index contributed by atoms with van der Waals surface area (Å²) in [4.78, 5) is 2.80. The minimum atomic E-state index is 0.312. The van der Waals surface area contributed by atoms with Crippen LogP contribution < -0.4 is 5.32 Å². The molecule has 0 bridgehead atoms. The summed E-state index contributed by atoms with van der Waals surface area (Å²) in [5.74, 6) is 0.